The highest BCUT2D eigenvalue weighted by molar-refractivity contribution is 5.75. The summed E-state index contributed by atoms with van der Waals surface area (Å²) in [5, 5.41) is 11.3. The number of aldehydes is 1. The molecule has 0 aliphatic carbocycles. The van der Waals surface area contributed by atoms with Crippen LogP contribution in [-0.4, -0.2) is 41.8 Å². The zero-order valence-corrected chi connectivity index (χ0v) is 22.7. The molecule has 41 heavy (non-hydrogen) atoms. The van der Waals surface area contributed by atoms with E-state index in [4.69, 9.17) is 18.9 Å². The van der Waals surface area contributed by atoms with Gasteiger partial charge in [-0.3, -0.25) is 0 Å². The Kier molecular flexibility index (Phi) is 11.8. The Bertz CT molecular complexity index is 1300. The van der Waals surface area contributed by atoms with E-state index in [0.717, 1.165) is 22.3 Å². The molecular formula is C34H34O7. The van der Waals surface area contributed by atoms with Crippen molar-refractivity contribution in [3.8, 4) is 0 Å². The number of hydrogen-bond acceptors (Lipinski definition) is 7. The van der Waals surface area contributed by atoms with Gasteiger partial charge in [0.15, 0.2) is 12.4 Å². The molecule has 0 heterocycles. The van der Waals surface area contributed by atoms with E-state index in [2.05, 4.69) is 0 Å². The maximum Gasteiger partial charge on any atom is 0.338 e. The van der Waals surface area contributed by atoms with Crippen molar-refractivity contribution in [2.45, 2.75) is 50.8 Å². The second-order valence-electron chi connectivity index (χ2n) is 9.46. The molecule has 4 atom stereocenters. The fourth-order valence-corrected chi connectivity index (χ4v) is 4.20. The molecule has 4 aromatic rings. The summed E-state index contributed by atoms with van der Waals surface area (Å²) in [6.45, 7) is 0.250. The van der Waals surface area contributed by atoms with Gasteiger partial charge in [0.25, 0.3) is 0 Å². The third-order valence-corrected chi connectivity index (χ3v) is 6.41. The van der Waals surface area contributed by atoms with E-state index in [0.29, 0.717) is 6.29 Å². The second-order valence-corrected chi connectivity index (χ2v) is 9.46. The van der Waals surface area contributed by atoms with E-state index in [1.165, 1.54) is 0 Å². The number of aliphatic hydroxyl groups is 1. The van der Waals surface area contributed by atoms with Crippen molar-refractivity contribution < 1.29 is 33.6 Å². The van der Waals surface area contributed by atoms with Crippen LogP contribution in [0.5, 0.6) is 0 Å². The van der Waals surface area contributed by atoms with Gasteiger partial charge in [-0.25, -0.2) is 4.79 Å². The van der Waals surface area contributed by atoms with Crippen LogP contribution in [0.15, 0.2) is 121 Å². The van der Waals surface area contributed by atoms with Crippen molar-refractivity contribution in [3.05, 3.63) is 144 Å². The number of carbonyl (C=O) groups excluding carboxylic acids is 2. The summed E-state index contributed by atoms with van der Waals surface area (Å²) < 4.78 is 23.7. The lowest BCUT2D eigenvalue weighted by Gasteiger charge is -2.33. The largest absolute Gasteiger partial charge is 0.459 e. The standard InChI is InChI=1S/C34H34O7/c35-21-30(38-22-26-13-5-1-6-14-26)32(39-23-27-15-7-2-8-16-27)33(40-24-28-17-9-3-10-18-28)31(36)34(37)41-25-29-19-11-4-12-20-29/h1-21,30-33,36H,22-25H2/t30-,31-,32+,33+/m0/s1. The summed E-state index contributed by atoms with van der Waals surface area (Å²) in [5.41, 5.74) is 3.28. The van der Waals surface area contributed by atoms with Crippen LogP contribution in [0.2, 0.25) is 0 Å². The Hall–Kier alpha value is -4.14. The number of aliphatic hydroxyl groups excluding tert-OH is 1. The molecule has 212 valence electrons. The van der Waals surface area contributed by atoms with E-state index in [-0.39, 0.29) is 26.4 Å². The number of esters is 1. The number of hydrogen-bond donors (Lipinski definition) is 1. The Balaban J connectivity index is 1.58. The first-order valence-corrected chi connectivity index (χ1v) is 13.4. The molecule has 0 bridgehead atoms. The molecule has 0 amide bonds. The predicted octanol–water partition coefficient (Wildman–Crippen LogP) is 5.05. The summed E-state index contributed by atoms with van der Waals surface area (Å²) in [4.78, 5) is 25.5. The molecule has 0 spiro atoms. The lowest BCUT2D eigenvalue weighted by Crippen LogP contribution is -2.52. The van der Waals surface area contributed by atoms with Crippen molar-refractivity contribution in [2.24, 2.45) is 0 Å². The minimum Gasteiger partial charge on any atom is -0.459 e. The maximum atomic E-state index is 13.1. The average Bonchev–Trinajstić information content (AvgIpc) is 3.04. The Labute approximate surface area is 240 Å². The van der Waals surface area contributed by atoms with Crippen molar-refractivity contribution >= 4 is 12.3 Å². The SMILES string of the molecule is O=C[C@H](OCc1ccccc1)[C@@H](OCc1ccccc1)[C@H](OCc1ccccc1)[C@H](O)C(=O)OCc1ccccc1. The Morgan fingerprint density at radius 2 is 0.927 bits per heavy atom. The monoisotopic (exact) mass is 554 g/mol. The normalized spacial score (nSPS) is 14.0. The fourth-order valence-electron chi connectivity index (χ4n) is 4.20. The van der Waals surface area contributed by atoms with Gasteiger partial charge < -0.3 is 28.8 Å². The summed E-state index contributed by atoms with van der Waals surface area (Å²) in [5.74, 6) is -0.895. The highest BCUT2D eigenvalue weighted by Crippen LogP contribution is 2.21. The highest BCUT2D eigenvalue weighted by atomic mass is 16.6. The van der Waals surface area contributed by atoms with Gasteiger partial charge in [0.1, 0.15) is 24.9 Å². The predicted molar refractivity (Wildman–Crippen MR) is 153 cm³/mol. The van der Waals surface area contributed by atoms with E-state index < -0.39 is 30.4 Å². The summed E-state index contributed by atoms with van der Waals surface area (Å²) in [6.07, 6.45) is -4.73. The lowest BCUT2D eigenvalue weighted by molar-refractivity contribution is -0.193. The molecule has 0 aliphatic heterocycles. The van der Waals surface area contributed by atoms with Crippen LogP contribution in [0.4, 0.5) is 0 Å². The van der Waals surface area contributed by atoms with E-state index in [1.54, 1.807) is 0 Å². The molecule has 0 saturated carbocycles. The molecule has 0 aliphatic rings. The second kappa shape index (κ2) is 16.2. The fraction of sp³-hybridized carbons (Fsp3) is 0.235. The smallest absolute Gasteiger partial charge is 0.338 e. The van der Waals surface area contributed by atoms with Crippen molar-refractivity contribution in [1.82, 2.24) is 0 Å². The van der Waals surface area contributed by atoms with Crippen LogP contribution in [0.1, 0.15) is 22.3 Å². The zero-order valence-electron chi connectivity index (χ0n) is 22.7. The molecule has 7 heteroatoms. The van der Waals surface area contributed by atoms with Crippen molar-refractivity contribution in [3.63, 3.8) is 0 Å². The van der Waals surface area contributed by atoms with Gasteiger partial charge in [-0.1, -0.05) is 121 Å². The van der Waals surface area contributed by atoms with Crippen LogP contribution < -0.4 is 0 Å². The van der Waals surface area contributed by atoms with Crippen LogP contribution in [0.25, 0.3) is 0 Å². The minimum atomic E-state index is -1.76. The van der Waals surface area contributed by atoms with Crippen LogP contribution in [0, 0.1) is 0 Å². The van der Waals surface area contributed by atoms with Crippen molar-refractivity contribution in [1.29, 1.82) is 0 Å². The summed E-state index contributed by atoms with van der Waals surface area (Å²) >= 11 is 0. The van der Waals surface area contributed by atoms with E-state index in [9.17, 15) is 14.7 Å². The molecule has 0 unspecified atom stereocenters. The Morgan fingerprint density at radius 1 is 0.561 bits per heavy atom. The van der Waals surface area contributed by atoms with E-state index >= 15 is 0 Å². The Morgan fingerprint density at radius 3 is 1.34 bits per heavy atom. The third kappa shape index (κ3) is 9.48. The molecule has 0 aromatic heterocycles. The third-order valence-electron chi connectivity index (χ3n) is 6.41. The minimum absolute atomic E-state index is 0.0285. The quantitative estimate of drug-likeness (QED) is 0.153. The maximum absolute atomic E-state index is 13.1. The topological polar surface area (TPSA) is 91.3 Å². The van der Waals surface area contributed by atoms with Gasteiger partial charge >= 0.3 is 5.97 Å². The van der Waals surface area contributed by atoms with Gasteiger partial charge in [-0.05, 0) is 22.3 Å². The van der Waals surface area contributed by atoms with Gasteiger partial charge in [0.2, 0.25) is 0 Å². The molecule has 4 rings (SSSR count). The van der Waals surface area contributed by atoms with Gasteiger partial charge in [-0.15, -0.1) is 0 Å². The molecular weight excluding hydrogens is 520 g/mol. The molecule has 1 N–H and O–H groups in total. The van der Waals surface area contributed by atoms with Gasteiger partial charge in [-0.2, -0.15) is 0 Å². The van der Waals surface area contributed by atoms with Crippen LogP contribution >= 0.6 is 0 Å². The van der Waals surface area contributed by atoms with Crippen molar-refractivity contribution in [2.75, 3.05) is 0 Å². The van der Waals surface area contributed by atoms with Gasteiger partial charge in [0.05, 0.1) is 19.8 Å². The average molecular weight is 555 g/mol. The molecule has 0 fully saturated rings. The lowest BCUT2D eigenvalue weighted by atomic mass is 10.0. The molecule has 4 aromatic carbocycles. The number of benzene rings is 4. The highest BCUT2D eigenvalue weighted by Gasteiger charge is 2.41. The van der Waals surface area contributed by atoms with E-state index in [1.807, 2.05) is 121 Å². The van der Waals surface area contributed by atoms with Gasteiger partial charge in [0, 0.05) is 0 Å². The molecule has 0 saturated heterocycles. The first-order valence-electron chi connectivity index (χ1n) is 13.4. The van der Waals surface area contributed by atoms with Crippen LogP contribution in [-0.2, 0) is 55.0 Å². The zero-order chi connectivity index (χ0) is 28.7. The number of ether oxygens (including phenoxy) is 4. The van der Waals surface area contributed by atoms with Crippen LogP contribution in [0.3, 0.4) is 0 Å². The first kappa shape index (κ1) is 29.8. The number of carbonyl (C=O) groups is 2. The first-order chi connectivity index (χ1) is 20.1. The summed E-state index contributed by atoms with van der Waals surface area (Å²) in [7, 11) is 0. The summed E-state index contributed by atoms with van der Waals surface area (Å²) in [6, 6.07) is 37.2. The molecule has 7 nitrogen and oxygen atoms in total. The molecule has 0 radical (unpaired) electrons. The number of rotatable bonds is 16.